The fourth-order valence-electron chi connectivity index (χ4n) is 2.78. The minimum atomic E-state index is -0.719. The van der Waals surface area contributed by atoms with E-state index in [0.717, 1.165) is 13.1 Å². The second-order valence-electron chi connectivity index (χ2n) is 5.43. The van der Waals surface area contributed by atoms with Gasteiger partial charge >= 0.3 is 5.97 Å². The second-order valence-corrected chi connectivity index (χ2v) is 5.43. The third kappa shape index (κ3) is 3.98. The molecule has 104 valence electrons. The molecule has 1 saturated heterocycles. The lowest BCUT2D eigenvalue weighted by Crippen LogP contribution is -2.25. The van der Waals surface area contributed by atoms with Gasteiger partial charge in [-0.3, -0.25) is 4.79 Å². The highest BCUT2D eigenvalue weighted by molar-refractivity contribution is 5.68. The average Bonchev–Trinajstić information content (AvgIpc) is 2.65. The molecule has 2 rings (SSSR count). The van der Waals surface area contributed by atoms with Gasteiger partial charge in [-0.25, -0.2) is 0 Å². The van der Waals surface area contributed by atoms with Crippen LogP contribution in [0.4, 0.5) is 5.69 Å². The van der Waals surface area contributed by atoms with Crippen molar-refractivity contribution in [2.45, 2.75) is 45.4 Å². The molecule has 0 spiro atoms. The Kier molecular flexibility index (Phi) is 4.83. The Bertz CT molecular complexity index is 434. The molecule has 0 amide bonds. The summed E-state index contributed by atoms with van der Waals surface area (Å²) in [5.41, 5.74) is 3.64. The van der Waals surface area contributed by atoms with Crippen LogP contribution in [-0.4, -0.2) is 24.2 Å². The molecule has 1 aromatic carbocycles. The number of carboxylic acid groups (broad SMARTS) is 1. The Morgan fingerprint density at radius 2 is 1.89 bits per heavy atom. The highest BCUT2D eigenvalue weighted by Crippen LogP contribution is 2.26. The second kappa shape index (κ2) is 6.60. The van der Waals surface area contributed by atoms with Gasteiger partial charge in [-0.15, -0.1) is 0 Å². The molecule has 1 N–H and O–H groups in total. The fraction of sp³-hybridized carbons (Fsp3) is 0.562. The smallest absolute Gasteiger partial charge is 0.303 e. The molecule has 1 aromatic rings. The van der Waals surface area contributed by atoms with E-state index in [-0.39, 0.29) is 6.42 Å². The van der Waals surface area contributed by atoms with Gasteiger partial charge in [0.1, 0.15) is 0 Å². The molecule has 3 heteroatoms. The molecule has 0 aliphatic carbocycles. The van der Waals surface area contributed by atoms with E-state index in [9.17, 15) is 4.79 Å². The minimum absolute atomic E-state index is 0.213. The van der Waals surface area contributed by atoms with Crippen molar-refractivity contribution in [2.75, 3.05) is 18.0 Å². The van der Waals surface area contributed by atoms with Gasteiger partial charge < -0.3 is 10.0 Å². The fourth-order valence-corrected chi connectivity index (χ4v) is 2.78. The molecule has 0 radical (unpaired) electrons. The summed E-state index contributed by atoms with van der Waals surface area (Å²) in [5, 5.41) is 8.88. The lowest BCUT2D eigenvalue weighted by atomic mass is 10.0. The van der Waals surface area contributed by atoms with Crippen molar-refractivity contribution < 1.29 is 9.90 Å². The van der Waals surface area contributed by atoms with Gasteiger partial charge in [0.25, 0.3) is 0 Å². The first-order valence-electron chi connectivity index (χ1n) is 7.23. The molecule has 0 bridgehead atoms. The predicted octanol–water partition coefficient (Wildman–Crippen LogP) is 3.39. The molecule has 1 aliphatic rings. The zero-order valence-corrected chi connectivity index (χ0v) is 11.7. The lowest BCUT2D eigenvalue weighted by molar-refractivity contribution is -0.136. The molecule has 0 saturated carbocycles. The van der Waals surface area contributed by atoms with Crippen molar-refractivity contribution in [1.29, 1.82) is 0 Å². The summed E-state index contributed by atoms with van der Waals surface area (Å²) < 4.78 is 0. The van der Waals surface area contributed by atoms with Gasteiger partial charge in [-0.1, -0.05) is 30.5 Å². The lowest BCUT2D eigenvalue weighted by Gasteiger charge is -2.25. The zero-order chi connectivity index (χ0) is 13.7. The van der Waals surface area contributed by atoms with Crippen molar-refractivity contribution in [3.63, 3.8) is 0 Å². The first kappa shape index (κ1) is 13.9. The molecular formula is C16H23NO2. The van der Waals surface area contributed by atoms with Crippen LogP contribution in [0.15, 0.2) is 18.2 Å². The number of anilines is 1. The molecule has 19 heavy (non-hydrogen) atoms. The SMILES string of the molecule is Cc1ccc(N2CCCCCC2)c(CCC(=O)O)c1. The monoisotopic (exact) mass is 261 g/mol. The molecule has 1 fully saturated rings. The maximum absolute atomic E-state index is 10.8. The van der Waals surface area contributed by atoms with Crippen LogP contribution < -0.4 is 4.90 Å². The third-order valence-corrected chi connectivity index (χ3v) is 3.79. The van der Waals surface area contributed by atoms with E-state index in [1.54, 1.807) is 0 Å². The highest BCUT2D eigenvalue weighted by Gasteiger charge is 2.14. The van der Waals surface area contributed by atoms with Gasteiger partial charge in [0.15, 0.2) is 0 Å². The molecular weight excluding hydrogens is 238 g/mol. The summed E-state index contributed by atoms with van der Waals surface area (Å²) >= 11 is 0. The normalized spacial score (nSPS) is 16.2. The molecule has 0 unspecified atom stereocenters. The minimum Gasteiger partial charge on any atom is -0.481 e. The highest BCUT2D eigenvalue weighted by atomic mass is 16.4. The number of nitrogens with zero attached hydrogens (tertiary/aromatic N) is 1. The molecule has 1 heterocycles. The predicted molar refractivity (Wildman–Crippen MR) is 77.8 cm³/mol. The number of benzene rings is 1. The van der Waals surface area contributed by atoms with E-state index >= 15 is 0 Å². The van der Waals surface area contributed by atoms with Crippen LogP contribution in [0.1, 0.15) is 43.2 Å². The largest absolute Gasteiger partial charge is 0.481 e. The van der Waals surface area contributed by atoms with Crippen LogP contribution in [0, 0.1) is 6.92 Å². The average molecular weight is 261 g/mol. The topological polar surface area (TPSA) is 40.5 Å². The first-order valence-corrected chi connectivity index (χ1v) is 7.23. The van der Waals surface area contributed by atoms with Crippen LogP contribution in [0.3, 0.4) is 0 Å². The molecule has 0 aromatic heterocycles. The van der Waals surface area contributed by atoms with Gasteiger partial charge in [0.2, 0.25) is 0 Å². The van der Waals surface area contributed by atoms with Crippen LogP contribution in [0.25, 0.3) is 0 Å². The number of carboxylic acids is 1. The Morgan fingerprint density at radius 1 is 1.21 bits per heavy atom. The number of hydrogen-bond acceptors (Lipinski definition) is 2. The van der Waals surface area contributed by atoms with Crippen LogP contribution in [-0.2, 0) is 11.2 Å². The maximum atomic E-state index is 10.8. The number of aryl methyl sites for hydroxylation is 2. The quantitative estimate of drug-likeness (QED) is 0.903. The summed E-state index contributed by atoms with van der Waals surface area (Å²) in [7, 11) is 0. The summed E-state index contributed by atoms with van der Waals surface area (Å²) in [6.07, 6.45) is 5.95. The van der Waals surface area contributed by atoms with Crippen molar-refractivity contribution >= 4 is 11.7 Å². The van der Waals surface area contributed by atoms with E-state index in [1.165, 1.54) is 42.5 Å². The van der Waals surface area contributed by atoms with E-state index in [1.807, 2.05) is 0 Å². The Balaban J connectivity index is 2.19. The Morgan fingerprint density at radius 3 is 2.53 bits per heavy atom. The molecule has 3 nitrogen and oxygen atoms in total. The van der Waals surface area contributed by atoms with Crippen molar-refractivity contribution in [1.82, 2.24) is 0 Å². The van der Waals surface area contributed by atoms with Crippen molar-refractivity contribution in [3.8, 4) is 0 Å². The third-order valence-electron chi connectivity index (χ3n) is 3.79. The zero-order valence-electron chi connectivity index (χ0n) is 11.7. The van der Waals surface area contributed by atoms with Gasteiger partial charge in [0, 0.05) is 25.2 Å². The number of carbonyl (C=O) groups is 1. The number of aliphatic carboxylic acids is 1. The van der Waals surface area contributed by atoms with Crippen molar-refractivity contribution in [3.05, 3.63) is 29.3 Å². The summed E-state index contributed by atoms with van der Waals surface area (Å²) in [6.45, 7) is 4.27. The van der Waals surface area contributed by atoms with E-state index in [0.29, 0.717) is 6.42 Å². The summed E-state index contributed by atoms with van der Waals surface area (Å²) in [6, 6.07) is 6.44. The van der Waals surface area contributed by atoms with E-state index < -0.39 is 5.97 Å². The summed E-state index contributed by atoms with van der Waals surface area (Å²) in [5.74, 6) is -0.719. The van der Waals surface area contributed by atoms with Crippen LogP contribution in [0.5, 0.6) is 0 Å². The molecule has 0 atom stereocenters. The Hall–Kier alpha value is -1.51. The number of hydrogen-bond donors (Lipinski definition) is 1. The maximum Gasteiger partial charge on any atom is 0.303 e. The summed E-state index contributed by atoms with van der Waals surface area (Å²) in [4.78, 5) is 13.2. The van der Waals surface area contributed by atoms with Crippen LogP contribution >= 0.6 is 0 Å². The van der Waals surface area contributed by atoms with Crippen molar-refractivity contribution in [2.24, 2.45) is 0 Å². The van der Waals surface area contributed by atoms with Gasteiger partial charge in [-0.2, -0.15) is 0 Å². The first-order chi connectivity index (χ1) is 9.16. The Labute approximate surface area is 115 Å². The molecule has 1 aliphatic heterocycles. The van der Waals surface area contributed by atoms with Gasteiger partial charge in [-0.05, 0) is 37.8 Å². The van der Waals surface area contributed by atoms with Gasteiger partial charge in [0.05, 0.1) is 0 Å². The van der Waals surface area contributed by atoms with E-state index in [4.69, 9.17) is 5.11 Å². The van der Waals surface area contributed by atoms with Crippen LogP contribution in [0.2, 0.25) is 0 Å². The van der Waals surface area contributed by atoms with E-state index in [2.05, 4.69) is 30.0 Å². The number of rotatable bonds is 4. The standard InChI is InChI=1S/C16H23NO2/c1-13-6-8-15(14(12-13)7-9-16(18)19)17-10-4-2-3-5-11-17/h6,8,12H,2-5,7,9-11H2,1H3,(H,18,19).